The maximum Gasteiger partial charge on any atom is -0.0283 e. The van der Waals surface area contributed by atoms with E-state index >= 15 is 0 Å². The van der Waals surface area contributed by atoms with Gasteiger partial charge in [-0.2, -0.15) is 0 Å². The smallest absolute Gasteiger partial charge is 0.0283 e. The Morgan fingerprint density at radius 3 is 0.967 bits per heavy atom. The summed E-state index contributed by atoms with van der Waals surface area (Å²) in [6.45, 7) is 18.3. The van der Waals surface area contributed by atoms with Gasteiger partial charge in [0.1, 0.15) is 0 Å². The van der Waals surface area contributed by atoms with Crippen LogP contribution in [-0.4, -0.2) is 0 Å². The highest BCUT2D eigenvalue weighted by atomic mass is 14.2. The zero-order chi connectivity index (χ0) is 22.0. The lowest BCUT2D eigenvalue weighted by Crippen LogP contribution is -2.02. The lowest BCUT2D eigenvalue weighted by molar-refractivity contribution is 0.837. The third-order valence-electron chi connectivity index (χ3n) is 6.08. The Bertz CT molecular complexity index is 871. The minimum absolute atomic E-state index is 0.477. The van der Waals surface area contributed by atoms with E-state index in [1.807, 2.05) is 0 Å². The predicted octanol–water partition coefficient (Wildman–Crippen LogP) is 9.31. The molecule has 0 spiro atoms. The van der Waals surface area contributed by atoms with E-state index in [9.17, 15) is 0 Å². The average Bonchev–Trinajstić information content (AvgIpc) is 2.72. The fraction of sp³-hybridized carbons (Fsp3) is 0.400. The molecular formula is C30H37-. The Labute approximate surface area is 184 Å². The number of rotatable bonds is 6. The second-order valence-corrected chi connectivity index (χ2v) is 9.72. The molecule has 0 amide bonds. The van der Waals surface area contributed by atoms with Gasteiger partial charge in [0.05, 0.1) is 0 Å². The quantitative estimate of drug-likeness (QED) is 0.363. The minimum Gasteiger partial charge on any atom is -0.129 e. The topological polar surface area (TPSA) is 0 Å². The highest BCUT2D eigenvalue weighted by Gasteiger charge is 2.14. The van der Waals surface area contributed by atoms with Crippen molar-refractivity contribution in [3.8, 4) is 22.3 Å². The van der Waals surface area contributed by atoms with Gasteiger partial charge in [-0.15, -0.1) is 35.4 Å². The summed E-state index contributed by atoms with van der Waals surface area (Å²) in [4.78, 5) is 0. The first-order chi connectivity index (χ1) is 14.2. The van der Waals surface area contributed by atoms with Crippen molar-refractivity contribution in [3.05, 3.63) is 82.9 Å². The van der Waals surface area contributed by atoms with Crippen molar-refractivity contribution in [3.63, 3.8) is 0 Å². The molecule has 0 radical (unpaired) electrons. The standard InChI is InChI=1S/C30H37/c1-19(2)25-14-10-15-26(20(3)4)29(25)23-12-9-13-24(18-23)30-27(21(5)6)16-11-17-28(30)22(7)8/h9-17,19-22H,1-8H3/q-1. The van der Waals surface area contributed by atoms with E-state index in [-0.39, 0.29) is 0 Å². The molecule has 0 atom stereocenters. The van der Waals surface area contributed by atoms with Crippen LogP contribution in [0.1, 0.15) is 101 Å². The lowest BCUT2D eigenvalue weighted by Gasteiger charge is -2.27. The van der Waals surface area contributed by atoms with E-state index in [0.29, 0.717) is 23.7 Å². The molecule has 0 fully saturated rings. The summed E-state index contributed by atoms with van der Waals surface area (Å²) < 4.78 is 0. The molecule has 0 bridgehead atoms. The van der Waals surface area contributed by atoms with E-state index in [4.69, 9.17) is 0 Å². The number of hydrogen-bond donors (Lipinski definition) is 0. The Balaban J connectivity index is 2.29. The van der Waals surface area contributed by atoms with Crippen molar-refractivity contribution >= 4 is 0 Å². The zero-order valence-electron chi connectivity index (χ0n) is 20.0. The molecule has 0 aliphatic heterocycles. The minimum atomic E-state index is 0.477. The van der Waals surface area contributed by atoms with Crippen LogP contribution in [0.2, 0.25) is 0 Å². The molecular weight excluding hydrogens is 360 g/mol. The molecule has 30 heavy (non-hydrogen) atoms. The first-order valence-corrected chi connectivity index (χ1v) is 11.5. The summed E-state index contributed by atoms with van der Waals surface area (Å²) >= 11 is 0. The molecule has 0 saturated carbocycles. The van der Waals surface area contributed by atoms with Crippen LogP contribution in [0.15, 0.2) is 54.6 Å². The molecule has 0 heteroatoms. The van der Waals surface area contributed by atoms with Crippen LogP contribution in [0, 0.1) is 6.07 Å². The van der Waals surface area contributed by atoms with Crippen molar-refractivity contribution in [2.75, 3.05) is 0 Å². The van der Waals surface area contributed by atoms with Crippen LogP contribution in [0.4, 0.5) is 0 Å². The average molecular weight is 398 g/mol. The summed E-state index contributed by atoms with van der Waals surface area (Å²) in [7, 11) is 0. The van der Waals surface area contributed by atoms with E-state index in [0.717, 1.165) is 0 Å². The maximum atomic E-state index is 3.86. The normalized spacial score (nSPS) is 11.9. The van der Waals surface area contributed by atoms with Gasteiger partial charge in [-0.05, 0) is 23.7 Å². The molecule has 0 unspecified atom stereocenters. The highest BCUT2D eigenvalue weighted by Crippen LogP contribution is 2.40. The third-order valence-corrected chi connectivity index (χ3v) is 6.08. The van der Waals surface area contributed by atoms with Gasteiger partial charge in [-0.25, -0.2) is 0 Å². The number of benzene rings is 3. The highest BCUT2D eigenvalue weighted by molar-refractivity contribution is 5.79. The zero-order valence-corrected chi connectivity index (χ0v) is 20.0. The molecule has 0 nitrogen and oxygen atoms in total. The van der Waals surface area contributed by atoms with Gasteiger partial charge in [-0.1, -0.05) is 125 Å². The Kier molecular flexibility index (Phi) is 6.86. The van der Waals surface area contributed by atoms with Crippen molar-refractivity contribution < 1.29 is 0 Å². The molecule has 158 valence electrons. The van der Waals surface area contributed by atoms with Crippen LogP contribution >= 0.6 is 0 Å². The van der Waals surface area contributed by atoms with Crippen molar-refractivity contribution in [2.45, 2.75) is 79.1 Å². The van der Waals surface area contributed by atoms with Gasteiger partial charge >= 0.3 is 0 Å². The molecule has 0 aliphatic rings. The summed E-state index contributed by atoms with van der Waals surface area (Å²) in [6, 6.07) is 24.1. The summed E-state index contributed by atoms with van der Waals surface area (Å²) in [5.74, 6) is 1.91. The molecule has 3 aromatic rings. The number of hydrogen-bond acceptors (Lipinski definition) is 0. The van der Waals surface area contributed by atoms with Crippen LogP contribution in [0.25, 0.3) is 22.3 Å². The van der Waals surface area contributed by atoms with Gasteiger partial charge in [0.25, 0.3) is 0 Å². The fourth-order valence-electron chi connectivity index (χ4n) is 4.48. The van der Waals surface area contributed by atoms with Gasteiger partial charge in [0, 0.05) is 0 Å². The first-order valence-electron chi connectivity index (χ1n) is 11.5. The third kappa shape index (κ3) is 4.38. The molecule has 3 rings (SSSR count). The lowest BCUT2D eigenvalue weighted by atomic mass is 9.82. The molecule has 3 aromatic carbocycles. The van der Waals surface area contributed by atoms with Gasteiger partial charge in [-0.3, -0.25) is 0 Å². The monoisotopic (exact) mass is 397 g/mol. The Hall–Kier alpha value is -2.34. The van der Waals surface area contributed by atoms with Crippen LogP contribution in [0.3, 0.4) is 0 Å². The largest absolute Gasteiger partial charge is 0.129 e. The van der Waals surface area contributed by atoms with Crippen LogP contribution in [-0.2, 0) is 0 Å². The molecule has 0 aromatic heterocycles. The maximum absolute atomic E-state index is 3.86. The van der Waals surface area contributed by atoms with E-state index in [2.05, 4.69) is 116 Å². The van der Waals surface area contributed by atoms with Gasteiger partial charge < -0.3 is 0 Å². The Morgan fingerprint density at radius 2 is 0.700 bits per heavy atom. The molecule has 0 saturated heterocycles. The molecule has 0 N–H and O–H groups in total. The fourth-order valence-corrected chi connectivity index (χ4v) is 4.48. The van der Waals surface area contributed by atoms with Crippen molar-refractivity contribution in [1.82, 2.24) is 0 Å². The summed E-state index contributed by atoms with van der Waals surface area (Å²) in [5.41, 5.74) is 10.8. The molecule has 0 aliphatic carbocycles. The van der Waals surface area contributed by atoms with Gasteiger partial charge in [0.2, 0.25) is 0 Å². The second kappa shape index (κ2) is 9.21. The predicted molar refractivity (Wildman–Crippen MR) is 133 cm³/mol. The van der Waals surface area contributed by atoms with Gasteiger partial charge in [0.15, 0.2) is 0 Å². The van der Waals surface area contributed by atoms with E-state index in [1.165, 1.54) is 44.5 Å². The second-order valence-electron chi connectivity index (χ2n) is 9.72. The van der Waals surface area contributed by atoms with E-state index in [1.54, 1.807) is 0 Å². The van der Waals surface area contributed by atoms with Crippen LogP contribution < -0.4 is 0 Å². The Morgan fingerprint density at radius 1 is 0.433 bits per heavy atom. The summed E-state index contributed by atoms with van der Waals surface area (Å²) in [6.07, 6.45) is 0. The van der Waals surface area contributed by atoms with E-state index < -0.39 is 0 Å². The first kappa shape index (κ1) is 22.3. The van der Waals surface area contributed by atoms with Crippen molar-refractivity contribution in [1.29, 1.82) is 0 Å². The van der Waals surface area contributed by atoms with Crippen LogP contribution in [0.5, 0.6) is 0 Å². The summed E-state index contributed by atoms with van der Waals surface area (Å²) in [5, 5.41) is 0. The molecule has 0 heterocycles. The SMILES string of the molecule is CC(C)c1cccc(C(C)C)c1-c1[c-]c(-c2c(C(C)C)cccc2C(C)C)ccc1. The van der Waals surface area contributed by atoms with Crippen molar-refractivity contribution in [2.24, 2.45) is 0 Å².